The van der Waals surface area contributed by atoms with Gasteiger partial charge in [0.1, 0.15) is 5.82 Å². The molecule has 2 atom stereocenters. The second kappa shape index (κ2) is 6.71. The van der Waals surface area contributed by atoms with E-state index >= 15 is 0 Å². The Morgan fingerprint density at radius 2 is 2.25 bits per heavy atom. The number of rotatable bonds is 5. The molecular weight excluding hydrogens is 302 g/mol. The van der Waals surface area contributed by atoms with Crippen molar-refractivity contribution in [1.82, 2.24) is 9.88 Å². The van der Waals surface area contributed by atoms with Gasteiger partial charge in [-0.05, 0) is 56.6 Å². The number of amides is 1. The SMILES string of the molecule is O=C(CC1CC1)N1CC[C@@]2(CCC[C@H](CNc3ccccn3)O2)C1. The van der Waals surface area contributed by atoms with Gasteiger partial charge in [-0.1, -0.05) is 6.07 Å². The molecule has 1 aromatic rings. The molecule has 3 fully saturated rings. The largest absolute Gasteiger partial charge is 0.368 e. The minimum atomic E-state index is -0.103. The van der Waals surface area contributed by atoms with Crippen molar-refractivity contribution in [3.63, 3.8) is 0 Å². The topological polar surface area (TPSA) is 54.5 Å². The van der Waals surface area contributed by atoms with Gasteiger partial charge in [0.15, 0.2) is 0 Å². The highest BCUT2D eigenvalue weighted by molar-refractivity contribution is 5.77. The number of hydrogen-bond acceptors (Lipinski definition) is 4. The predicted molar refractivity (Wildman–Crippen MR) is 92.7 cm³/mol. The summed E-state index contributed by atoms with van der Waals surface area (Å²) in [6.07, 6.45) is 9.57. The first-order valence-corrected chi connectivity index (χ1v) is 9.33. The molecule has 0 unspecified atom stereocenters. The van der Waals surface area contributed by atoms with Crippen LogP contribution in [0.5, 0.6) is 0 Å². The zero-order valence-corrected chi connectivity index (χ0v) is 14.2. The number of nitrogens with one attached hydrogen (secondary N) is 1. The number of carbonyl (C=O) groups is 1. The first-order chi connectivity index (χ1) is 11.7. The van der Waals surface area contributed by atoms with E-state index in [1.54, 1.807) is 6.20 Å². The summed E-state index contributed by atoms with van der Waals surface area (Å²) in [7, 11) is 0. The van der Waals surface area contributed by atoms with Crippen LogP contribution in [0.25, 0.3) is 0 Å². The highest BCUT2D eigenvalue weighted by Gasteiger charge is 2.44. The van der Waals surface area contributed by atoms with E-state index in [0.29, 0.717) is 11.8 Å². The highest BCUT2D eigenvalue weighted by Crippen LogP contribution is 2.38. The van der Waals surface area contributed by atoms with E-state index in [-0.39, 0.29) is 11.7 Å². The van der Waals surface area contributed by atoms with Crippen LogP contribution in [0, 0.1) is 5.92 Å². The van der Waals surface area contributed by atoms with E-state index in [4.69, 9.17) is 4.74 Å². The van der Waals surface area contributed by atoms with Gasteiger partial charge in [0, 0.05) is 32.3 Å². The lowest BCUT2D eigenvalue weighted by Gasteiger charge is -2.38. The van der Waals surface area contributed by atoms with Crippen LogP contribution < -0.4 is 5.32 Å². The van der Waals surface area contributed by atoms with E-state index in [1.807, 2.05) is 23.1 Å². The number of ether oxygens (including phenoxy) is 1. The van der Waals surface area contributed by atoms with E-state index in [1.165, 1.54) is 19.3 Å². The second-order valence-corrected chi connectivity index (χ2v) is 7.62. The van der Waals surface area contributed by atoms with Gasteiger partial charge in [0.05, 0.1) is 11.7 Å². The standard InChI is InChI=1S/C19H27N3O2/c23-18(12-15-6-7-15)22-11-9-19(14-22)8-3-4-16(24-19)13-21-17-5-1-2-10-20-17/h1-2,5,10,15-16H,3-4,6-9,11-14H2,(H,20,21)/t16-,19+/m1/s1. The lowest BCUT2D eigenvalue weighted by molar-refractivity contribution is -0.137. The van der Waals surface area contributed by atoms with E-state index < -0.39 is 0 Å². The first-order valence-electron chi connectivity index (χ1n) is 9.33. The minimum Gasteiger partial charge on any atom is -0.368 e. The fraction of sp³-hybridized carbons (Fsp3) is 0.684. The maximum Gasteiger partial charge on any atom is 0.222 e. The van der Waals surface area contributed by atoms with Gasteiger partial charge >= 0.3 is 0 Å². The minimum absolute atomic E-state index is 0.103. The molecule has 130 valence electrons. The molecule has 0 aromatic carbocycles. The zero-order valence-electron chi connectivity index (χ0n) is 14.2. The van der Waals surface area contributed by atoms with Gasteiger partial charge in [-0.15, -0.1) is 0 Å². The molecule has 3 aliphatic rings. The number of pyridine rings is 1. The van der Waals surface area contributed by atoms with Crippen LogP contribution in [0.4, 0.5) is 5.82 Å². The molecule has 5 nitrogen and oxygen atoms in total. The Balaban J connectivity index is 1.30. The fourth-order valence-electron chi connectivity index (χ4n) is 4.01. The first kappa shape index (κ1) is 15.9. The lowest BCUT2D eigenvalue weighted by atomic mass is 9.90. The molecule has 4 rings (SSSR count). The quantitative estimate of drug-likeness (QED) is 0.902. The molecule has 1 saturated carbocycles. The Morgan fingerprint density at radius 1 is 1.33 bits per heavy atom. The van der Waals surface area contributed by atoms with Crippen LogP contribution in [0.15, 0.2) is 24.4 Å². The van der Waals surface area contributed by atoms with Crippen LogP contribution in [0.2, 0.25) is 0 Å². The van der Waals surface area contributed by atoms with Crippen molar-refractivity contribution >= 4 is 11.7 Å². The van der Waals surface area contributed by atoms with Crippen LogP contribution in [0.1, 0.15) is 44.9 Å². The molecule has 2 saturated heterocycles. The zero-order chi connectivity index (χ0) is 16.4. The number of aromatic nitrogens is 1. The molecule has 2 aliphatic heterocycles. The van der Waals surface area contributed by atoms with Gasteiger partial charge in [0.25, 0.3) is 0 Å². The molecular formula is C19H27N3O2. The number of anilines is 1. The highest BCUT2D eigenvalue weighted by atomic mass is 16.5. The van der Waals surface area contributed by atoms with Gasteiger partial charge in [-0.3, -0.25) is 4.79 Å². The van der Waals surface area contributed by atoms with E-state index in [9.17, 15) is 4.79 Å². The van der Waals surface area contributed by atoms with Crippen molar-refractivity contribution < 1.29 is 9.53 Å². The van der Waals surface area contributed by atoms with Gasteiger partial charge in [0.2, 0.25) is 5.91 Å². The van der Waals surface area contributed by atoms with Crippen molar-refractivity contribution in [1.29, 1.82) is 0 Å². The van der Waals surface area contributed by atoms with Crippen LogP contribution in [0.3, 0.4) is 0 Å². The van der Waals surface area contributed by atoms with Gasteiger partial charge in [-0.2, -0.15) is 0 Å². The fourth-order valence-corrected chi connectivity index (χ4v) is 4.01. The summed E-state index contributed by atoms with van der Waals surface area (Å²) in [6.45, 7) is 2.44. The van der Waals surface area contributed by atoms with Crippen molar-refractivity contribution in [3.8, 4) is 0 Å². The molecule has 1 spiro atoms. The maximum absolute atomic E-state index is 12.4. The summed E-state index contributed by atoms with van der Waals surface area (Å²) in [5, 5.41) is 3.37. The molecule has 1 amide bonds. The van der Waals surface area contributed by atoms with Crippen molar-refractivity contribution in [2.75, 3.05) is 25.0 Å². The smallest absolute Gasteiger partial charge is 0.222 e. The average Bonchev–Trinajstić information content (AvgIpc) is 3.33. The Hall–Kier alpha value is -1.62. The van der Waals surface area contributed by atoms with Gasteiger partial charge < -0.3 is 15.0 Å². The number of nitrogens with zero attached hydrogens (tertiary/aromatic N) is 2. The van der Waals surface area contributed by atoms with Crippen LogP contribution in [-0.2, 0) is 9.53 Å². The monoisotopic (exact) mass is 329 g/mol. The molecule has 3 heterocycles. The third kappa shape index (κ3) is 3.72. The van der Waals surface area contributed by atoms with E-state index in [0.717, 1.165) is 51.1 Å². The summed E-state index contributed by atoms with van der Waals surface area (Å²) < 4.78 is 6.47. The Kier molecular flexibility index (Phi) is 4.44. The summed E-state index contributed by atoms with van der Waals surface area (Å²) in [5.41, 5.74) is -0.103. The molecule has 1 N–H and O–H groups in total. The summed E-state index contributed by atoms with van der Waals surface area (Å²) in [5.74, 6) is 1.90. The number of hydrogen-bond donors (Lipinski definition) is 1. The molecule has 24 heavy (non-hydrogen) atoms. The molecule has 0 bridgehead atoms. The van der Waals surface area contributed by atoms with Crippen molar-refractivity contribution in [2.45, 2.75) is 56.7 Å². The molecule has 0 radical (unpaired) electrons. The van der Waals surface area contributed by atoms with Crippen molar-refractivity contribution in [2.24, 2.45) is 5.92 Å². The second-order valence-electron chi connectivity index (χ2n) is 7.62. The Morgan fingerprint density at radius 3 is 3.04 bits per heavy atom. The van der Waals surface area contributed by atoms with Crippen molar-refractivity contribution in [3.05, 3.63) is 24.4 Å². The van der Waals surface area contributed by atoms with Crippen LogP contribution >= 0.6 is 0 Å². The predicted octanol–water partition coefficient (Wildman–Crippen LogP) is 2.83. The molecule has 1 aliphatic carbocycles. The third-order valence-corrected chi connectivity index (χ3v) is 5.58. The third-order valence-electron chi connectivity index (χ3n) is 5.58. The Labute approximate surface area is 143 Å². The summed E-state index contributed by atoms with van der Waals surface area (Å²) in [6, 6.07) is 5.88. The normalized spacial score (nSPS) is 29.8. The van der Waals surface area contributed by atoms with Gasteiger partial charge in [-0.25, -0.2) is 4.98 Å². The summed E-state index contributed by atoms with van der Waals surface area (Å²) >= 11 is 0. The van der Waals surface area contributed by atoms with E-state index in [2.05, 4.69) is 10.3 Å². The lowest BCUT2D eigenvalue weighted by Crippen LogP contribution is -2.45. The summed E-state index contributed by atoms with van der Waals surface area (Å²) in [4.78, 5) is 18.7. The number of likely N-dealkylation sites (tertiary alicyclic amines) is 1. The Bertz CT molecular complexity index is 575. The van der Waals surface area contributed by atoms with Crippen LogP contribution in [-0.4, -0.2) is 47.1 Å². The molecule has 5 heteroatoms. The number of carbonyl (C=O) groups excluding carboxylic acids is 1. The average molecular weight is 329 g/mol. The molecule has 1 aromatic heterocycles. The maximum atomic E-state index is 12.4.